The minimum Gasteiger partial charge on any atom is -0.340 e. The highest BCUT2D eigenvalue weighted by atomic mass is 32.1. The number of hydrogen-bond donors (Lipinski definition) is 0. The summed E-state index contributed by atoms with van der Waals surface area (Å²) in [6.45, 7) is 12.9. The number of nitrogens with zero attached hydrogens (tertiary/aromatic N) is 5. The molecule has 0 unspecified atom stereocenters. The number of piperazine rings is 1. The molecular formula is C22H29N5OS. The summed E-state index contributed by atoms with van der Waals surface area (Å²) in [5, 5.41) is 6.35. The van der Waals surface area contributed by atoms with E-state index in [9.17, 15) is 4.79 Å². The molecule has 0 radical (unpaired) electrons. The quantitative estimate of drug-likeness (QED) is 0.684. The van der Waals surface area contributed by atoms with Crippen molar-refractivity contribution in [3.8, 4) is 0 Å². The van der Waals surface area contributed by atoms with Crippen molar-refractivity contribution in [3.05, 3.63) is 59.1 Å². The lowest BCUT2D eigenvalue weighted by Crippen LogP contribution is -2.50. The molecule has 2 aliphatic heterocycles. The van der Waals surface area contributed by atoms with Gasteiger partial charge in [0.25, 0.3) is 0 Å². The maximum absolute atomic E-state index is 13.1. The van der Waals surface area contributed by atoms with Gasteiger partial charge < -0.3 is 4.90 Å². The van der Waals surface area contributed by atoms with Crippen molar-refractivity contribution in [2.24, 2.45) is 0 Å². The number of aromatic nitrogens is 2. The SMILES string of the molecule is C=C(C)CN1CCN(CC(=O)N2C[C@@H](c3ccccc3)[C@H](c3csnn3)C2)CC1. The second kappa shape index (κ2) is 9.15. The van der Waals surface area contributed by atoms with Gasteiger partial charge in [0.1, 0.15) is 0 Å². The van der Waals surface area contributed by atoms with E-state index in [1.54, 1.807) is 0 Å². The predicted octanol–water partition coefficient (Wildman–Crippen LogP) is 2.44. The van der Waals surface area contributed by atoms with Gasteiger partial charge in [0.05, 0.1) is 12.2 Å². The van der Waals surface area contributed by atoms with E-state index in [2.05, 4.69) is 57.2 Å². The standard InChI is InChI=1S/C22H29N5OS/c1-17(2)12-25-8-10-26(11-9-25)15-22(28)27-13-19(18-6-4-3-5-7-18)20(14-27)21-16-29-24-23-21/h3-7,16,19-20H,1,8-15H2,2H3/t19-,20+/m0/s1. The summed E-state index contributed by atoms with van der Waals surface area (Å²) in [5.41, 5.74) is 3.47. The Morgan fingerprint density at radius 1 is 1.07 bits per heavy atom. The van der Waals surface area contributed by atoms with E-state index >= 15 is 0 Å². The zero-order chi connectivity index (χ0) is 20.2. The molecule has 3 heterocycles. The highest BCUT2D eigenvalue weighted by Gasteiger charge is 2.38. The molecule has 1 amide bonds. The summed E-state index contributed by atoms with van der Waals surface area (Å²) in [7, 11) is 0. The van der Waals surface area contributed by atoms with Crippen molar-refractivity contribution in [1.29, 1.82) is 0 Å². The van der Waals surface area contributed by atoms with Gasteiger partial charge in [-0.2, -0.15) is 0 Å². The molecule has 0 N–H and O–H groups in total. The minimum absolute atomic E-state index is 0.215. The molecule has 1 aromatic heterocycles. The first-order valence-electron chi connectivity index (χ1n) is 10.3. The monoisotopic (exact) mass is 411 g/mol. The smallest absolute Gasteiger partial charge is 0.236 e. The van der Waals surface area contributed by atoms with Crippen molar-refractivity contribution in [1.82, 2.24) is 24.3 Å². The molecule has 2 atom stereocenters. The normalized spacial score (nSPS) is 23.4. The Balaban J connectivity index is 1.39. The lowest BCUT2D eigenvalue weighted by atomic mass is 9.87. The van der Waals surface area contributed by atoms with Crippen LogP contribution in [0.5, 0.6) is 0 Å². The van der Waals surface area contributed by atoms with Gasteiger partial charge in [-0.1, -0.05) is 47.0 Å². The molecule has 0 bridgehead atoms. The van der Waals surface area contributed by atoms with Gasteiger partial charge in [-0.25, -0.2) is 0 Å². The molecule has 7 heteroatoms. The van der Waals surface area contributed by atoms with Gasteiger partial charge in [-0.05, 0) is 24.0 Å². The van der Waals surface area contributed by atoms with Crippen LogP contribution in [0.2, 0.25) is 0 Å². The molecule has 29 heavy (non-hydrogen) atoms. The molecule has 2 aromatic rings. The maximum Gasteiger partial charge on any atom is 0.236 e. The number of benzene rings is 1. The van der Waals surface area contributed by atoms with Gasteiger partial charge in [0.2, 0.25) is 5.91 Å². The molecule has 0 spiro atoms. The van der Waals surface area contributed by atoms with Crippen molar-refractivity contribution < 1.29 is 4.79 Å². The Morgan fingerprint density at radius 3 is 2.34 bits per heavy atom. The summed E-state index contributed by atoms with van der Waals surface area (Å²) in [4.78, 5) is 19.8. The molecule has 2 saturated heterocycles. The van der Waals surface area contributed by atoms with Gasteiger partial charge >= 0.3 is 0 Å². The van der Waals surface area contributed by atoms with Crippen molar-refractivity contribution in [3.63, 3.8) is 0 Å². The number of carbonyl (C=O) groups is 1. The van der Waals surface area contributed by atoms with E-state index in [4.69, 9.17) is 0 Å². The summed E-state index contributed by atoms with van der Waals surface area (Å²) in [5.74, 6) is 0.717. The second-order valence-electron chi connectivity index (χ2n) is 8.26. The van der Waals surface area contributed by atoms with Crippen LogP contribution >= 0.6 is 11.5 Å². The molecule has 1 aromatic carbocycles. The number of rotatable bonds is 6. The van der Waals surface area contributed by atoms with Gasteiger partial charge in [-0.3, -0.25) is 14.6 Å². The molecule has 0 aliphatic carbocycles. The number of likely N-dealkylation sites (tertiary alicyclic amines) is 1. The lowest BCUT2D eigenvalue weighted by Gasteiger charge is -2.35. The first kappa shape index (κ1) is 20.2. The zero-order valence-electron chi connectivity index (χ0n) is 17.0. The van der Waals surface area contributed by atoms with Crippen LogP contribution in [0, 0.1) is 0 Å². The highest BCUT2D eigenvalue weighted by molar-refractivity contribution is 7.03. The first-order chi connectivity index (χ1) is 14.1. The topological polar surface area (TPSA) is 52.6 Å². The Kier molecular flexibility index (Phi) is 6.37. The summed E-state index contributed by atoms with van der Waals surface area (Å²) in [6, 6.07) is 10.5. The molecule has 2 fully saturated rings. The number of hydrogen-bond acceptors (Lipinski definition) is 6. The van der Waals surface area contributed by atoms with E-state index in [0.29, 0.717) is 6.54 Å². The van der Waals surface area contributed by atoms with Crippen LogP contribution in [0.4, 0.5) is 0 Å². The fourth-order valence-electron chi connectivity index (χ4n) is 4.46. The first-order valence-corrected chi connectivity index (χ1v) is 11.1. The van der Waals surface area contributed by atoms with E-state index in [1.807, 2.05) is 16.3 Å². The minimum atomic E-state index is 0.215. The van der Waals surface area contributed by atoms with E-state index in [0.717, 1.165) is 51.5 Å². The third-order valence-electron chi connectivity index (χ3n) is 5.97. The molecule has 2 aliphatic rings. The van der Waals surface area contributed by atoms with E-state index < -0.39 is 0 Å². The third kappa shape index (κ3) is 4.91. The van der Waals surface area contributed by atoms with Crippen LogP contribution in [-0.2, 0) is 4.79 Å². The number of amides is 1. The van der Waals surface area contributed by atoms with Gasteiger partial charge in [-0.15, -0.1) is 5.10 Å². The van der Waals surface area contributed by atoms with Crippen LogP contribution < -0.4 is 0 Å². The summed E-state index contributed by atoms with van der Waals surface area (Å²) < 4.78 is 4.06. The second-order valence-corrected chi connectivity index (χ2v) is 8.87. The molecule has 0 saturated carbocycles. The van der Waals surface area contributed by atoms with Gasteiger partial charge in [0.15, 0.2) is 0 Å². The molecule has 6 nitrogen and oxygen atoms in total. The Hall–Kier alpha value is -2.09. The fraction of sp³-hybridized carbons (Fsp3) is 0.500. The highest BCUT2D eigenvalue weighted by Crippen LogP contribution is 2.39. The third-order valence-corrected chi connectivity index (χ3v) is 6.50. The Morgan fingerprint density at radius 2 is 1.72 bits per heavy atom. The fourth-order valence-corrected chi connectivity index (χ4v) is 4.98. The summed E-state index contributed by atoms with van der Waals surface area (Å²) >= 11 is 1.38. The average molecular weight is 412 g/mol. The van der Waals surface area contributed by atoms with Crippen LogP contribution in [0.3, 0.4) is 0 Å². The van der Waals surface area contributed by atoms with Gasteiger partial charge in [0, 0.05) is 63.0 Å². The maximum atomic E-state index is 13.1. The number of carbonyl (C=O) groups excluding carboxylic acids is 1. The van der Waals surface area contributed by atoms with Crippen LogP contribution in [0.1, 0.15) is 30.0 Å². The lowest BCUT2D eigenvalue weighted by molar-refractivity contribution is -0.131. The summed E-state index contributed by atoms with van der Waals surface area (Å²) in [6.07, 6.45) is 0. The van der Waals surface area contributed by atoms with Crippen molar-refractivity contribution in [2.45, 2.75) is 18.8 Å². The Bertz CT molecular complexity index is 817. The zero-order valence-corrected chi connectivity index (χ0v) is 17.9. The van der Waals surface area contributed by atoms with Crippen LogP contribution in [-0.4, -0.2) is 82.6 Å². The van der Waals surface area contributed by atoms with Crippen LogP contribution in [0.15, 0.2) is 47.9 Å². The van der Waals surface area contributed by atoms with Crippen LogP contribution in [0.25, 0.3) is 0 Å². The predicted molar refractivity (Wildman–Crippen MR) is 116 cm³/mol. The Labute approximate surface area is 177 Å². The average Bonchev–Trinajstić information content (AvgIpc) is 3.39. The molecular weight excluding hydrogens is 382 g/mol. The molecule has 154 valence electrons. The van der Waals surface area contributed by atoms with Crippen molar-refractivity contribution in [2.75, 3.05) is 52.4 Å². The van der Waals surface area contributed by atoms with Crippen molar-refractivity contribution >= 4 is 17.4 Å². The van der Waals surface area contributed by atoms with E-state index in [-0.39, 0.29) is 17.7 Å². The molecule has 4 rings (SSSR count). The largest absolute Gasteiger partial charge is 0.340 e. The van der Waals surface area contributed by atoms with E-state index in [1.165, 1.54) is 22.7 Å².